The summed E-state index contributed by atoms with van der Waals surface area (Å²) in [6.45, 7) is 2.23. The van der Waals surface area contributed by atoms with Gasteiger partial charge in [0.15, 0.2) is 0 Å². The molecule has 0 unspecified atom stereocenters. The zero-order valence-corrected chi connectivity index (χ0v) is 10.7. The second-order valence-electron chi connectivity index (χ2n) is 4.49. The number of hydrogen-bond donors (Lipinski definition) is 0. The molecule has 0 fully saturated rings. The number of hydrogen-bond acceptors (Lipinski definition) is 2. The fraction of sp³-hybridized carbons (Fsp3) is 0.857. The van der Waals surface area contributed by atoms with Crippen molar-refractivity contribution < 1.29 is 9.59 Å². The Morgan fingerprint density at radius 1 is 0.875 bits per heavy atom. The van der Waals surface area contributed by atoms with E-state index in [1.165, 1.54) is 44.9 Å². The monoisotopic (exact) mass is 226 g/mol. The van der Waals surface area contributed by atoms with Crippen LogP contribution >= 0.6 is 0 Å². The summed E-state index contributed by atoms with van der Waals surface area (Å²) in [5.41, 5.74) is 0. The van der Waals surface area contributed by atoms with Gasteiger partial charge >= 0.3 is 0 Å². The maximum atomic E-state index is 11.0. The topological polar surface area (TPSA) is 34.1 Å². The average molecular weight is 226 g/mol. The fourth-order valence-electron chi connectivity index (χ4n) is 1.83. The molecule has 0 bridgehead atoms. The van der Waals surface area contributed by atoms with Crippen LogP contribution in [-0.2, 0) is 9.59 Å². The van der Waals surface area contributed by atoms with Gasteiger partial charge in [0.05, 0.1) is 6.42 Å². The molecule has 94 valence electrons. The predicted molar refractivity (Wildman–Crippen MR) is 67.5 cm³/mol. The molecule has 0 radical (unpaired) electrons. The van der Waals surface area contributed by atoms with Crippen LogP contribution in [-0.4, -0.2) is 12.1 Å². The number of carbonyl (C=O) groups excluding carboxylic acids is 2. The Morgan fingerprint density at radius 2 is 1.38 bits per heavy atom. The molecule has 0 aromatic heterocycles. The minimum Gasteiger partial charge on any atom is -0.303 e. The van der Waals surface area contributed by atoms with Crippen LogP contribution in [0.25, 0.3) is 0 Å². The SMILES string of the molecule is CCCCCCCCCCCC(=O)CC=O. The van der Waals surface area contributed by atoms with Gasteiger partial charge in [-0.2, -0.15) is 0 Å². The van der Waals surface area contributed by atoms with Crippen LogP contribution in [0.2, 0.25) is 0 Å². The second-order valence-corrected chi connectivity index (χ2v) is 4.49. The largest absolute Gasteiger partial charge is 0.303 e. The second kappa shape index (κ2) is 12.4. The normalized spacial score (nSPS) is 10.3. The average Bonchev–Trinajstić information content (AvgIpc) is 2.27. The highest BCUT2D eigenvalue weighted by atomic mass is 16.1. The van der Waals surface area contributed by atoms with Gasteiger partial charge in [0.25, 0.3) is 0 Å². The number of ketones is 1. The van der Waals surface area contributed by atoms with Crippen molar-refractivity contribution in [2.75, 3.05) is 0 Å². The van der Waals surface area contributed by atoms with E-state index < -0.39 is 0 Å². The summed E-state index contributed by atoms with van der Waals surface area (Å²) in [7, 11) is 0. The molecule has 2 heteroatoms. The molecule has 0 spiro atoms. The van der Waals surface area contributed by atoms with Crippen molar-refractivity contribution in [3.63, 3.8) is 0 Å². The molecule has 0 rings (SSSR count). The Labute approximate surface area is 99.8 Å². The zero-order valence-electron chi connectivity index (χ0n) is 10.7. The molecule has 0 aliphatic rings. The smallest absolute Gasteiger partial charge is 0.139 e. The molecular weight excluding hydrogens is 200 g/mol. The summed E-state index contributed by atoms with van der Waals surface area (Å²) in [4.78, 5) is 21.1. The third-order valence-corrected chi connectivity index (χ3v) is 2.87. The van der Waals surface area contributed by atoms with Crippen molar-refractivity contribution in [1.29, 1.82) is 0 Å². The number of carbonyl (C=O) groups is 2. The van der Waals surface area contributed by atoms with Gasteiger partial charge in [-0.3, -0.25) is 4.79 Å². The lowest BCUT2D eigenvalue weighted by Gasteiger charge is -2.01. The maximum Gasteiger partial charge on any atom is 0.139 e. The van der Waals surface area contributed by atoms with Crippen LogP contribution in [0.15, 0.2) is 0 Å². The molecule has 16 heavy (non-hydrogen) atoms. The summed E-state index contributed by atoms with van der Waals surface area (Å²) in [6.07, 6.45) is 12.8. The molecule has 0 aromatic rings. The van der Waals surface area contributed by atoms with Gasteiger partial charge in [0.1, 0.15) is 12.1 Å². The van der Waals surface area contributed by atoms with Crippen LogP contribution in [0, 0.1) is 0 Å². The summed E-state index contributed by atoms with van der Waals surface area (Å²) in [6, 6.07) is 0. The summed E-state index contributed by atoms with van der Waals surface area (Å²) >= 11 is 0. The van der Waals surface area contributed by atoms with E-state index in [0.29, 0.717) is 12.7 Å². The Bertz CT molecular complexity index is 176. The first-order valence-corrected chi connectivity index (χ1v) is 6.76. The van der Waals surface area contributed by atoms with Crippen LogP contribution in [0.1, 0.15) is 77.6 Å². The molecule has 0 heterocycles. The molecule has 0 N–H and O–H groups in total. The highest BCUT2D eigenvalue weighted by molar-refractivity contribution is 5.89. The van der Waals surface area contributed by atoms with E-state index in [-0.39, 0.29) is 12.2 Å². The molecule has 0 aliphatic carbocycles. The van der Waals surface area contributed by atoms with Crippen LogP contribution < -0.4 is 0 Å². The predicted octanol–water partition coefficient (Wildman–Crippen LogP) is 4.07. The third kappa shape index (κ3) is 11.4. The van der Waals surface area contributed by atoms with Crippen molar-refractivity contribution in [2.24, 2.45) is 0 Å². The Balaban J connectivity index is 3.03. The number of unbranched alkanes of at least 4 members (excludes halogenated alkanes) is 8. The standard InChI is InChI=1S/C14H26O2/c1-2-3-4-5-6-7-8-9-10-11-14(16)12-13-15/h13H,2-12H2,1H3. The van der Waals surface area contributed by atoms with Crippen molar-refractivity contribution in [3.8, 4) is 0 Å². The molecule has 0 aliphatic heterocycles. The number of Topliss-reactive ketones (excluding diaryl/α,β-unsaturated/α-hetero) is 1. The molecular formula is C14H26O2. The van der Waals surface area contributed by atoms with Crippen molar-refractivity contribution >= 4 is 12.1 Å². The minimum atomic E-state index is 0.0953. The van der Waals surface area contributed by atoms with Gasteiger partial charge in [0, 0.05) is 6.42 Å². The van der Waals surface area contributed by atoms with E-state index >= 15 is 0 Å². The van der Waals surface area contributed by atoms with Gasteiger partial charge < -0.3 is 4.79 Å². The highest BCUT2D eigenvalue weighted by Gasteiger charge is 1.99. The Morgan fingerprint density at radius 3 is 1.88 bits per heavy atom. The maximum absolute atomic E-state index is 11.0. The highest BCUT2D eigenvalue weighted by Crippen LogP contribution is 2.10. The van der Waals surface area contributed by atoms with E-state index in [2.05, 4.69) is 6.92 Å². The van der Waals surface area contributed by atoms with E-state index in [1.807, 2.05) is 0 Å². The lowest BCUT2D eigenvalue weighted by molar-refractivity contribution is -0.122. The van der Waals surface area contributed by atoms with E-state index in [1.54, 1.807) is 0 Å². The summed E-state index contributed by atoms with van der Waals surface area (Å²) < 4.78 is 0. The van der Waals surface area contributed by atoms with Crippen LogP contribution in [0.5, 0.6) is 0 Å². The zero-order chi connectivity index (χ0) is 12.1. The minimum absolute atomic E-state index is 0.0953. The van der Waals surface area contributed by atoms with Crippen LogP contribution in [0.4, 0.5) is 0 Å². The lowest BCUT2D eigenvalue weighted by atomic mass is 10.1. The first-order valence-electron chi connectivity index (χ1n) is 6.76. The molecule has 0 aromatic carbocycles. The third-order valence-electron chi connectivity index (χ3n) is 2.87. The first kappa shape index (κ1) is 15.3. The molecule has 2 nitrogen and oxygen atoms in total. The van der Waals surface area contributed by atoms with Gasteiger partial charge in [-0.05, 0) is 6.42 Å². The van der Waals surface area contributed by atoms with E-state index in [4.69, 9.17) is 0 Å². The molecule has 0 atom stereocenters. The lowest BCUT2D eigenvalue weighted by Crippen LogP contribution is -1.97. The first-order chi connectivity index (χ1) is 7.81. The van der Waals surface area contributed by atoms with Gasteiger partial charge in [-0.15, -0.1) is 0 Å². The van der Waals surface area contributed by atoms with E-state index in [0.717, 1.165) is 12.8 Å². The fourth-order valence-corrected chi connectivity index (χ4v) is 1.83. The Kier molecular flexibility index (Phi) is 11.9. The van der Waals surface area contributed by atoms with Gasteiger partial charge in [-0.25, -0.2) is 0 Å². The van der Waals surface area contributed by atoms with Crippen molar-refractivity contribution in [1.82, 2.24) is 0 Å². The van der Waals surface area contributed by atoms with E-state index in [9.17, 15) is 9.59 Å². The molecule has 0 saturated heterocycles. The summed E-state index contributed by atoms with van der Waals surface area (Å²) in [5, 5.41) is 0. The van der Waals surface area contributed by atoms with Crippen molar-refractivity contribution in [3.05, 3.63) is 0 Å². The Hall–Kier alpha value is -0.660. The van der Waals surface area contributed by atoms with Gasteiger partial charge in [0.2, 0.25) is 0 Å². The molecule has 0 amide bonds. The van der Waals surface area contributed by atoms with Crippen molar-refractivity contribution in [2.45, 2.75) is 77.6 Å². The molecule has 0 saturated carbocycles. The number of rotatable bonds is 12. The van der Waals surface area contributed by atoms with Crippen LogP contribution in [0.3, 0.4) is 0 Å². The quantitative estimate of drug-likeness (QED) is 0.285. The number of aldehydes is 1. The summed E-state index contributed by atoms with van der Waals surface area (Å²) in [5.74, 6) is 0.0953. The van der Waals surface area contributed by atoms with Gasteiger partial charge in [-0.1, -0.05) is 58.3 Å².